The highest BCUT2D eigenvalue weighted by atomic mass is 32.1. The number of nitrogens with two attached hydrogens (primary N) is 1. The molecule has 6 heteroatoms. The van der Waals surface area contributed by atoms with Gasteiger partial charge in [0, 0.05) is 30.2 Å². The number of aryl methyl sites for hydroxylation is 1. The van der Waals surface area contributed by atoms with Crippen molar-refractivity contribution in [2.75, 3.05) is 24.3 Å². The highest BCUT2D eigenvalue weighted by Gasteiger charge is 2.19. The lowest BCUT2D eigenvalue weighted by molar-refractivity contribution is 0.0846. The molecule has 0 radical (unpaired) electrons. The molecule has 22 heavy (non-hydrogen) atoms. The molecule has 2 aromatic rings. The van der Waals surface area contributed by atoms with Crippen LogP contribution in [-0.2, 0) is 4.74 Å². The minimum absolute atomic E-state index is 0.214. The molecule has 0 saturated carbocycles. The number of benzene rings is 1. The number of para-hydroxylation sites is 1. The van der Waals surface area contributed by atoms with Gasteiger partial charge in [0.25, 0.3) is 5.91 Å². The van der Waals surface area contributed by atoms with E-state index in [1.165, 1.54) is 11.3 Å². The summed E-state index contributed by atoms with van der Waals surface area (Å²) in [5.41, 5.74) is 8.91. The first kappa shape index (κ1) is 15.0. The Morgan fingerprint density at radius 2 is 2.18 bits per heavy atom. The first-order valence-corrected chi connectivity index (χ1v) is 8.22. The maximum absolute atomic E-state index is 12.3. The Labute approximate surface area is 133 Å². The molecular formula is C16H19N3O2S. The maximum Gasteiger partial charge on any atom is 0.259 e. The van der Waals surface area contributed by atoms with Gasteiger partial charge in [0.05, 0.1) is 11.3 Å². The molecule has 2 heterocycles. The van der Waals surface area contributed by atoms with Crippen LogP contribution in [0.15, 0.2) is 23.6 Å². The summed E-state index contributed by atoms with van der Waals surface area (Å²) in [5, 5.41) is 5.48. The molecule has 1 aliphatic rings. The number of hydrogen-bond acceptors (Lipinski definition) is 5. The van der Waals surface area contributed by atoms with Gasteiger partial charge in [0.15, 0.2) is 5.13 Å². The molecule has 0 aliphatic carbocycles. The van der Waals surface area contributed by atoms with Gasteiger partial charge in [-0.2, -0.15) is 0 Å². The van der Waals surface area contributed by atoms with E-state index in [-0.39, 0.29) is 5.91 Å². The van der Waals surface area contributed by atoms with Crippen LogP contribution in [0, 0.1) is 6.92 Å². The molecule has 1 amide bonds. The van der Waals surface area contributed by atoms with Crippen molar-refractivity contribution >= 4 is 28.1 Å². The first-order valence-electron chi connectivity index (χ1n) is 7.35. The summed E-state index contributed by atoms with van der Waals surface area (Å²) in [4.78, 5) is 16.9. The summed E-state index contributed by atoms with van der Waals surface area (Å²) < 4.78 is 5.37. The van der Waals surface area contributed by atoms with Crippen LogP contribution in [0.2, 0.25) is 0 Å². The molecule has 0 spiro atoms. The van der Waals surface area contributed by atoms with Gasteiger partial charge in [-0.1, -0.05) is 12.1 Å². The van der Waals surface area contributed by atoms with Crippen LogP contribution in [0.5, 0.6) is 0 Å². The number of aromatic nitrogens is 1. The molecule has 0 bridgehead atoms. The van der Waals surface area contributed by atoms with Gasteiger partial charge < -0.3 is 10.5 Å². The second-order valence-electron chi connectivity index (χ2n) is 5.45. The van der Waals surface area contributed by atoms with E-state index in [2.05, 4.69) is 10.3 Å². The smallest absolute Gasteiger partial charge is 0.259 e. The van der Waals surface area contributed by atoms with E-state index in [9.17, 15) is 4.79 Å². The molecule has 1 aromatic carbocycles. The normalized spacial score (nSPS) is 15.7. The molecule has 3 rings (SSSR count). The van der Waals surface area contributed by atoms with Crippen LogP contribution in [0.25, 0.3) is 0 Å². The SMILES string of the molecule is Cc1cccc(C(=O)Nc2nc(C3CCOCC3)cs2)c1N. The van der Waals surface area contributed by atoms with E-state index in [0.29, 0.717) is 22.3 Å². The molecule has 5 nitrogen and oxygen atoms in total. The highest BCUT2D eigenvalue weighted by molar-refractivity contribution is 7.14. The van der Waals surface area contributed by atoms with Crippen LogP contribution >= 0.6 is 11.3 Å². The van der Waals surface area contributed by atoms with Gasteiger partial charge in [0.2, 0.25) is 0 Å². The predicted octanol–water partition coefficient (Wildman–Crippen LogP) is 3.18. The Kier molecular flexibility index (Phi) is 4.40. The Hall–Kier alpha value is -1.92. The lowest BCUT2D eigenvalue weighted by atomic mass is 9.98. The molecular weight excluding hydrogens is 298 g/mol. The van der Waals surface area contributed by atoms with E-state index in [1.807, 2.05) is 24.4 Å². The van der Waals surface area contributed by atoms with Crippen molar-refractivity contribution in [1.82, 2.24) is 4.98 Å². The Morgan fingerprint density at radius 1 is 1.41 bits per heavy atom. The fraction of sp³-hybridized carbons (Fsp3) is 0.375. The molecule has 3 N–H and O–H groups in total. The third-order valence-electron chi connectivity index (χ3n) is 3.95. The summed E-state index contributed by atoms with van der Waals surface area (Å²) >= 11 is 1.45. The molecule has 1 aromatic heterocycles. The third-order valence-corrected chi connectivity index (χ3v) is 4.73. The Balaban J connectivity index is 1.72. The molecule has 0 atom stereocenters. The van der Waals surface area contributed by atoms with Crippen LogP contribution in [0.1, 0.15) is 40.4 Å². The zero-order valence-electron chi connectivity index (χ0n) is 12.5. The average molecular weight is 317 g/mol. The van der Waals surface area contributed by atoms with Gasteiger partial charge in [-0.25, -0.2) is 4.98 Å². The van der Waals surface area contributed by atoms with E-state index in [0.717, 1.165) is 37.3 Å². The number of hydrogen-bond donors (Lipinski definition) is 2. The summed E-state index contributed by atoms with van der Waals surface area (Å²) in [6.07, 6.45) is 1.98. The summed E-state index contributed by atoms with van der Waals surface area (Å²) in [6, 6.07) is 5.44. The van der Waals surface area contributed by atoms with Crippen molar-refractivity contribution < 1.29 is 9.53 Å². The largest absolute Gasteiger partial charge is 0.398 e. The molecule has 1 fully saturated rings. The van der Waals surface area contributed by atoms with Gasteiger partial charge in [-0.05, 0) is 31.4 Å². The fourth-order valence-corrected chi connectivity index (χ4v) is 3.35. The average Bonchev–Trinajstić information content (AvgIpc) is 2.99. The maximum atomic E-state index is 12.3. The zero-order valence-corrected chi connectivity index (χ0v) is 13.3. The first-order chi connectivity index (χ1) is 10.6. The van der Waals surface area contributed by atoms with Crippen molar-refractivity contribution in [3.8, 4) is 0 Å². The van der Waals surface area contributed by atoms with Crippen molar-refractivity contribution in [1.29, 1.82) is 0 Å². The van der Waals surface area contributed by atoms with Gasteiger partial charge >= 0.3 is 0 Å². The van der Waals surface area contributed by atoms with Crippen LogP contribution in [0.3, 0.4) is 0 Å². The summed E-state index contributed by atoms with van der Waals surface area (Å²) in [7, 11) is 0. The van der Waals surface area contributed by atoms with Crippen LogP contribution in [0.4, 0.5) is 10.8 Å². The number of ether oxygens (including phenoxy) is 1. The van der Waals surface area contributed by atoms with Gasteiger partial charge in [-0.3, -0.25) is 10.1 Å². The van der Waals surface area contributed by atoms with Crippen LogP contribution < -0.4 is 11.1 Å². The van der Waals surface area contributed by atoms with Crippen molar-refractivity contribution in [2.24, 2.45) is 0 Å². The second kappa shape index (κ2) is 6.46. The summed E-state index contributed by atoms with van der Waals surface area (Å²) in [5.74, 6) is 0.216. The van der Waals surface area contributed by atoms with Crippen molar-refractivity contribution in [3.63, 3.8) is 0 Å². The number of amides is 1. The van der Waals surface area contributed by atoms with Crippen molar-refractivity contribution in [2.45, 2.75) is 25.7 Å². The van der Waals surface area contributed by atoms with E-state index in [1.54, 1.807) is 6.07 Å². The molecule has 116 valence electrons. The number of anilines is 2. The minimum Gasteiger partial charge on any atom is -0.398 e. The Morgan fingerprint density at radius 3 is 2.95 bits per heavy atom. The number of carbonyl (C=O) groups excluding carboxylic acids is 1. The molecule has 0 unspecified atom stereocenters. The zero-order chi connectivity index (χ0) is 15.5. The molecule has 1 aliphatic heterocycles. The van der Waals surface area contributed by atoms with E-state index >= 15 is 0 Å². The van der Waals surface area contributed by atoms with Crippen molar-refractivity contribution in [3.05, 3.63) is 40.4 Å². The number of nitrogens with one attached hydrogen (secondary N) is 1. The number of thiazole rings is 1. The second-order valence-corrected chi connectivity index (χ2v) is 6.31. The lowest BCUT2D eigenvalue weighted by Gasteiger charge is -2.19. The predicted molar refractivity (Wildman–Crippen MR) is 88.5 cm³/mol. The number of nitrogens with zero attached hydrogens (tertiary/aromatic N) is 1. The fourth-order valence-electron chi connectivity index (χ4n) is 2.57. The number of nitrogen functional groups attached to an aromatic ring is 1. The molecule has 1 saturated heterocycles. The highest BCUT2D eigenvalue weighted by Crippen LogP contribution is 2.30. The van der Waals surface area contributed by atoms with Gasteiger partial charge in [-0.15, -0.1) is 11.3 Å². The van der Waals surface area contributed by atoms with E-state index in [4.69, 9.17) is 10.5 Å². The Bertz CT molecular complexity index is 678. The van der Waals surface area contributed by atoms with E-state index < -0.39 is 0 Å². The standard InChI is InChI=1S/C16H19N3O2S/c1-10-3-2-4-12(14(10)17)15(20)19-16-18-13(9-22-16)11-5-7-21-8-6-11/h2-4,9,11H,5-8,17H2,1H3,(H,18,19,20). The monoisotopic (exact) mass is 317 g/mol. The minimum atomic E-state index is -0.214. The van der Waals surface area contributed by atoms with Crippen LogP contribution in [-0.4, -0.2) is 24.1 Å². The third kappa shape index (κ3) is 3.13. The summed E-state index contributed by atoms with van der Waals surface area (Å²) in [6.45, 7) is 3.45. The quantitative estimate of drug-likeness (QED) is 0.852. The van der Waals surface area contributed by atoms with Gasteiger partial charge in [0.1, 0.15) is 0 Å². The number of carbonyl (C=O) groups is 1. The number of rotatable bonds is 3. The topological polar surface area (TPSA) is 77.2 Å². The lowest BCUT2D eigenvalue weighted by Crippen LogP contribution is -2.16.